The first kappa shape index (κ1) is 30.9. The molecule has 0 bridgehead atoms. The molecule has 216 valence electrons. The van der Waals surface area contributed by atoms with Gasteiger partial charge in [-0.15, -0.1) is 0 Å². The first-order chi connectivity index (χ1) is 19.2. The first-order valence-electron chi connectivity index (χ1n) is 13.6. The lowest BCUT2D eigenvalue weighted by molar-refractivity contribution is -0.139. The van der Waals surface area contributed by atoms with E-state index < -0.39 is 29.6 Å². The smallest absolute Gasteiger partial charge is 0.416 e. The summed E-state index contributed by atoms with van der Waals surface area (Å²) in [5, 5.41) is 6.60. The molecular formula is C31H37F3N2O4. The maximum Gasteiger partial charge on any atom is 0.416 e. The molecule has 0 radical (unpaired) electrons. The van der Waals surface area contributed by atoms with Gasteiger partial charge in [0.25, 0.3) is 0 Å². The number of esters is 2. The average molecular weight is 559 g/mol. The number of hydrogen-bond acceptors (Lipinski definition) is 6. The van der Waals surface area contributed by atoms with Crippen molar-refractivity contribution >= 4 is 11.9 Å². The maximum atomic E-state index is 13.6. The number of allylic oxidation sites excluding steroid dienone is 2. The molecule has 2 aromatic rings. The molecule has 0 aromatic heterocycles. The summed E-state index contributed by atoms with van der Waals surface area (Å²) >= 11 is 0. The van der Waals surface area contributed by atoms with Gasteiger partial charge >= 0.3 is 18.1 Å². The Kier molecular flexibility index (Phi) is 11.4. The second-order valence-electron chi connectivity index (χ2n) is 9.53. The number of hydrogen-bond donors (Lipinski definition) is 2. The third kappa shape index (κ3) is 8.21. The Hall–Kier alpha value is -3.59. The number of unbranched alkanes of at least 4 members (excludes halogenated alkanes) is 2. The van der Waals surface area contributed by atoms with E-state index in [1.807, 2.05) is 18.2 Å². The van der Waals surface area contributed by atoms with Crippen LogP contribution in [0.1, 0.15) is 69.1 Å². The average Bonchev–Trinajstić information content (AvgIpc) is 2.92. The highest BCUT2D eigenvalue weighted by Crippen LogP contribution is 2.42. The highest BCUT2D eigenvalue weighted by atomic mass is 19.4. The lowest BCUT2D eigenvalue weighted by atomic mass is 9.79. The number of carbonyl (C=O) groups is 2. The second-order valence-corrected chi connectivity index (χ2v) is 9.53. The molecule has 2 N–H and O–H groups in total. The summed E-state index contributed by atoms with van der Waals surface area (Å²) in [5.41, 5.74) is 1.73. The van der Waals surface area contributed by atoms with Crippen molar-refractivity contribution in [3.8, 4) is 0 Å². The Balaban J connectivity index is 1.86. The second kappa shape index (κ2) is 14.7. The Morgan fingerprint density at radius 1 is 0.900 bits per heavy atom. The van der Waals surface area contributed by atoms with E-state index in [0.29, 0.717) is 17.8 Å². The summed E-state index contributed by atoms with van der Waals surface area (Å²) in [6.45, 7) is 6.73. The Morgan fingerprint density at radius 2 is 1.57 bits per heavy atom. The molecular weight excluding hydrogens is 521 g/mol. The number of benzene rings is 2. The highest BCUT2D eigenvalue weighted by Gasteiger charge is 2.40. The summed E-state index contributed by atoms with van der Waals surface area (Å²) in [7, 11) is 0. The van der Waals surface area contributed by atoms with Gasteiger partial charge in [-0.25, -0.2) is 9.59 Å². The third-order valence-electron chi connectivity index (χ3n) is 6.64. The minimum Gasteiger partial charge on any atom is -0.463 e. The standard InChI is InChI=1S/C31H37F3N2O4/c1-4-39-29(37)26-21(3)36-25(17-10-7-11-18-35-20-22-13-8-6-9-14-22)28(30(38)40-5-2)27(26)23-15-12-16-24(19-23)31(32,33)34/h6,8-9,12-16,19,27,35-36H,4-5,7,10-11,17-18,20H2,1-3H3. The van der Waals surface area contributed by atoms with Crippen LogP contribution in [0.15, 0.2) is 77.1 Å². The molecule has 9 heteroatoms. The van der Waals surface area contributed by atoms with Crippen LogP contribution in [-0.2, 0) is 31.8 Å². The zero-order valence-electron chi connectivity index (χ0n) is 23.2. The molecule has 6 nitrogen and oxygen atoms in total. The zero-order chi connectivity index (χ0) is 29.1. The van der Waals surface area contributed by atoms with E-state index >= 15 is 0 Å². The first-order valence-corrected chi connectivity index (χ1v) is 13.6. The number of alkyl halides is 3. The molecule has 1 aliphatic heterocycles. The highest BCUT2D eigenvalue weighted by molar-refractivity contribution is 6.00. The summed E-state index contributed by atoms with van der Waals surface area (Å²) in [6.07, 6.45) is -1.61. The fourth-order valence-corrected chi connectivity index (χ4v) is 4.81. The predicted molar refractivity (Wildman–Crippen MR) is 147 cm³/mol. The molecule has 0 spiro atoms. The van der Waals surface area contributed by atoms with Gasteiger partial charge in [-0.1, -0.05) is 55.0 Å². The van der Waals surface area contributed by atoms with Crippen molar-refractivity contribution in [1.29, 1.82) is 0 Å². The Bertz CT molecular complexity index is 1220. The van der Waals surface area contributed by atoms with Crippen molar-refractivity contribution in [1.82, 2.24) is 10.6 Å². The van der Waals surface area contributed by atoms with Crippen LogP contribution in [0.2, 0.25) is 0 Å². The molecule has 3 rings (SSSR count). The van der Waals surface area contributed by atoms with Crippen LogP contribution < -0.4 is 10.6 Å². The monoisotopic (exact) mass is 558 g/mol. The molecule has 0 saturated heterocycles. The van der Waals surface area contributed by atoms with Crippen LogP contribution in [0.3, 0.4) is 0 Å². The van der Waals surface area contributed by atoms with Crippen molar-refractivity contribution in [2.75, 3.05) is 19.8 Å². The van der Waals surface area contributed by atoms with Gasteiger partial charge in [0.1, 0.15) is 0 Å². The minimum absolute atomic E-state index is 0.0779. The van der Waals surface area contributed by atoms with Gasteiger partial charge in [-0.3, -0.25) is 0 Å². The number of nitrogens with one attached hydrogen (secondary N) is 2. The van der Waals surface area contributed by atoms with E-state index in [4.69, 9.17) is 9.47 Å². The molecule has 1 aliphatic rings. The van der Waals surface area contributed by atoms with E-state index in [-0.39, 0.29) is 29.9 Å². The molecule has 0 saturated carbocycles. The van der Waals surface area contributed by atoms with Crippen LogP contribution in [0, 0.1) is 0 Å². The van der Waals surface area contributed by atoms with Crippen LogP contribution in [0.5, 0.6) is 0 Å². The van der Waals surface area contributed by atoms with Crippen molar-refractivity contribution in [3.63, 3.8) is 0 Å². The topological polar surface area (TPSA) is 76.7 Å². The summed E-state index contributed by atoms with van der Waals surface area (Å²) in [4.78, 5) is 26.3. The van der Waals surface area contributed by atoms with Gasteiger partial charge in [0.15, 0.2) is 0 Å². The van der Waals surface area contributed by atoms with Crippen molar-refractivity contribution in [3.05, 3.63) is 93.8 Å². The molecule has 2 aromatic carbocycles. The quantitative estimate of drug-likeness (QED) is 0.219. The molecule has 1 unspecified atom stereocenters. The molecule has 1 heterocycles. The predicted octanol–water partition coefficient (Wildman–Crippen LogP) is 6.40. The zero-order valence-corrected chi connectivity index (χ0v) is 23.2. The molecule has 0 fully saturated rings. The largest absolute Gasteiger partial charge is 0.463 e. The molecule has 0 amide bonds. The van der Waals surface area contributed by atoms with E-state index in [9.17, 15) is 22.8 Å². The molecule has 0 aliphatic carbocycles. The van der Waals surface area contributed by atoms with E-state index in [2.05, 4.69) is 22.8 Å². The van der Waals surface area contributed by atoms with E-state index in [1.54, 1.807) is 20.8 Å². The number of ether oxygens (including phenoxy) is 2. The Morgan fingerprint density at radius 3 is 2.23 bits per heavy atom. The fraction of sp³-hybridized carbons (Fsp3) is 0.419. The third-order valence-corrected chi connectivity index (χ3v) is 6.64. The van der Waals surface area contributed by atoms with Gasteiger partial charge in [0.05, 0.1) is 35.8 Å². The normalized spacial score (nSPS) is 15.6. The van der Waals surface area contributed by atoms with Crippen LogP contribution >= 0.6 is 0 Å². The molecule has 1 atom stereocenters. The van der Waals surface area contributed by atoms with Crippen LogP contribution in [0.25, 0.3) is 0 Å². The number of halogens is 3. The maximum absolute atomic E-state index is 13.6. The number of rotatable bonds is 13. The fourth-order valence-electron chi connectivity index (χ4n) is 4.81. The van der Waals surface area contributed by atoms with Gasteiger partial charge in [-0.05, 0) is 63.8 Å². The van der Waals surface area contributed by atoms with E-state index in [1.165, 1.54) is 17.7 Å². The number of dihydropyridines is 1. The van der Waals surface area contributed by atoms with Gasteiger partial charge in [-0.2, -0.15) is 13.2 Å². The van der Waals surface area contributed by atoms with Crippen molar-refractivity contribution in [2.45, 2.75) is 65.1 Å². The minimum atomic E-state index is -4.59. The lowest BCUT2D eigenvalue weighted by Gasteiger charge is -2.32. The SMILES string of the molecule is CCOC(=O)C1=C(C)NC(CCCCCNCc2ccccc2)=C(C(=O)OCC)C1c1cccc(C(F)(F)F)c1. The van der Waals surface area contributed by atoms with Crippen LogP contribution in [-0.4, -0.2) is 31.7 Å². The molecule has 40 heavy (non-hydrogen) atoms. The Labute approximate surface area is 233 Å². The van der Waals surface area contributed by atoms with Gasteiger partial charge in [0.2, 0.25) is 0 Å². The van der Waals surface area contributed by atoms with Gasteiger partial charge < -0.3 is 20.1 Å². The number of carbonyl (C=O) groups excluding carboxylic acids is 2. The summed E-state index contributed by atoms with van der Waals surface area (Å²) in [6, 6.07) is 14.8. The van der Waals surface area contributed by atoms with Crippen molar-refractivity contribution in [2.24, 2.45) is 0 Å². The van der Waals surface area contributed by atoms with Crippen molar-refractivity contribution < 1.29 is 32.2 Å². The van der Waals surface area contributed by atoms with E-state index in [0.717, 1.165) is 44.5 Å². The summed E-state index contributed by atoms with van der Waals surface area (Å²) in [5.74, 6) is -2.43. The lowest BCUT2D eigenvalue weighted by Crippen LogP contribution is -2.33. The van der Waals surface area contributed by atoms with Crippen LogP contribution in [0.4, 0.5) is 13.2 Å². The summed E-state index contributed by atoms with van der Waals surface area (Å²) < 4.78 is 51.4. The van der Waals surface area contributed by atoms with Gasteiger partial charge in [0, 0.05) is 17.9 Å².